The Morgan fingerprint density at radius 1 is 0.758 bits per heavy atom. The van der Waals surface area contributed by atoms with Crippen LogP contribution in [0.15, 0.2) is 72.4 Å². The van der Waals surface area contributed by atoms with Crippen molar-refractivity contribution in [1.29, 1.82) is 0 Å². The molecule has 1 aliphatic rings. The molecule has 0 saturated carbocycles. The predicted molar refractivity (Wildman–Crippen MR) is 127 cm³/mol. The third-order valence-corrected chi connectivity index (χ3v) is 5.36. The molecule has 0 unspecified atom stereocenters. The van der Waals surface area contributed by atoms with Gasteiger partial charge in [-0.2, -0.15) is 0 Å². The molecule has 3 aromatic carbocycles. The largest absolute Gasteiger partial charge is 0.497 e. The van der Waals surface area contributed by atoms with E-state index in [1.54, 1.807) is 61.7 Å². The van der Waals surface area contributed by atoms with Crippen LogP contribution in [0.25, 0.3) is 5.57 Å². The van der Waals surface area contributed by atoms with Crippen molar-refractivity contribution >= 4 is 28.8 Å². The molecule has 0 aromatic heterocycles. The predicted octanol–water partition coefficient (Wildman–Crippen LogP) is 4.42. The zero-order chi connectivity index (χ0) is 23.5. The van der Waals surface area contributed by atoms with Gasteiger partial charge in [0.25, 0.3) is 11.8 Å². The first-order valence-electron chi connectivity index (χ1n) is 10.3. The number of nitrogens with one attached hydrogen (secondary N) is 1. The molecule has 7 nitrogen and oxygen atoms in total. The number of anilines is 2. The Morgan fingerprint density at radius 3 is 2.21 bits per heavy atom. The van der Waals surface area contributed by atoms with Gasteiger partial charge in [-0.25, -0.2) is 4.90 Å². The number of nitrogens with zero attached hydrogens (tertiary/aromatic N) is 1. The number of carbonyl (C=O) groups is 2. The molecule has 0 radical (unpaired) electrons. The summed E-state index contributed by atoms with van der Waals surface area (Å²) in [7, 11) is 4.62. The smallest absolute Gasteiger partial charge is 0.282 e. The number of hydrogen-bond acceptors (Lipinski definition) is 6. The summed E-state index contributed by atoms with van der Waals surface area (Å²) >= 11 is 0. The summed E-state index contributed by atoms with van der Waals surface area (Å²) in [4.78, 5) is 28.3. The van der Waals surface area contributed by atoms with Crippen molar-refractivity contribution < 1.29 is 23.8 Å². The van der Waals surface area contributed by atoms with Crippen LogP contribution in [0.5, 0.6) is 17.2 Å². The van der Waals surface area contributed by atoms with E-state index in [1.807, 2.05) is 19.1 Å². The topological polar surface area (TPSA) is 77.1 Å². The highest BCUT2D eigenvalue weighted by Gasteiger charge is 2.40. The highest BCUT2D eigenvalue weighted by molar-refractivity contribution is 6.46. The number of benzene rings is 3. The second kappa shape index (κ2) is 9.08. The molecule has 1 aliphatic heterocycles. The summed E-state index contributed by atoms with van der Waals surface area (Å²) in [6.45, 7) is 1.91. The molecule has 7 heteroatoms. The quantitative estimate of drug-likeness (QED) is 0.544. The number of amides is 2. The van der Waals surface area contributed by atoms with E-state index in [0.717, 1.165) is 5.56 Å². The molecule has 1 N–H and O–H groups in total. The van der Waals surface area contributed by atoms with E-state index in [-0.39, 0.29) is 11.3 Å². The Bertz CT molecular complexity index is 1270. The first kappa shape index (κ1) is 22.0. The van der Waals surface area contributed by atoms with Crippen LogP contribution < -0.4 is 24.4 Å². The molecule has 33 heavy (non-hydrogen) atoms. The summed E-state index contributed by atoms with van der Waals surface area (Å²) in [5.74, 6) is 0.732. The Morgan fingerprint density at radius 2 is 1.52 bits per heavy atom. The maximum atomic E-state index is 13.6. The number of aryl methyl sites for hydroxylation is 1. The second-order valence-electron chi connectivity index (χ2n) is 7.46. The number of imide groups is 1. The minimum Gasteiger partial charge on any atom is -0.497 e. The Labute approximate surface area is 192 Å². The summed E-state index contributed by atoms with van der Waals surface area (Å²) in [5.41, 5.74) is 3.01. The van der Waals surface area contributed by atoms with Crippen LogP contribution in [0.1, 0.15) is 11.1 Å². The zero-order valence-electron chi connectivity index (χ0n) is 18.8. The van der Waals surface area contributed by atoms with E-state index >= 15 is 0 Å². The summed E-state index contributed by atoms with van der Waals surface area (Å²) in [6.07, 6.45) is 0. The maximum Gasteiger partial charge on any atom is 0.282 e. The van der Waals surface area contributed by atoms with Crippen LogP contribution >= 0.6 is 0 Å². The number of rotatable bonds is 7. The van der Waals surface area contributed by atoms with Gasteiger partial charge in [-0.05, 0) is 54.4 Å². The minimum absolute atomic E-state index is 0.168. The lowest BCUT2D eigenvalue weighted by atomic mass is 10.0. The average Bonchev–Trinajstić information content (AvgIpc) is 3.07. The van der Waals surface area contributed by atoms with Crippen molar-refractivity contribution in [3.8, 4) is 17.2 Å². The molecule has 0 atom stereocenters. The fourth-order valence-corrected chi connectivity index (χ4v) is 3.75. The van der Waals surface area contributed by atoms with Gasteiger partial charge in [0.1, 0.15) is 11.4 Å². The van der Waals surface area contributed by atoms with Gasteiger partial charge in [-0.1, -0.05) is 24.3 Å². The van der Waals surface area contributed by atoms with Crippen molar-refractivity contribution in [2.75, 3.05) is 31.5 Å². The molecule has 1 heterocycles. The summed E-state index contributed by atoms with van der Waals surface area (Å²) in [5, 5.41) is 3.14. The molecule has 2 amide bonds. The highest BCUT2D eigenvalue weighted by Crippen LogP contribution is 2.37. The average molecular weight is 444 g/mol. The molecule has 0 fully saturated rings. The minimum atomic E-state index is -0.446. The molecule has 0 aliphatic carbocycles. The van der Waals surface area contributed by atoms with Crippen LogP contribution in [0.3, 0.4) is 0 Å². The monoisotopic (exact) mass is 444 g/mol. The van der Waals surface area contributed by atoms with Gasteiger partial charge >= 0.3 is 0 Å². The van der Waals surface area contributed by atoms with E-state index < -0.39 is 11.8 Å². The SMILES string of the molecule is COc1cccc(NC2=C(c3ccc(OC)c(OC)c3)C(=O)N(c3cccc(C)c3)C2=O)c1. The lowest BCUT2D eigenvalue weighted by Gasteiger charge is -2.16. The Kier molecular flexibility index (Phi) is 6.04. The molecule has 3 aromatic rings. The van der Waals surface area contributed by atoms with Gasteiger partial charge in [0, 0.05) is 11.8 Å². The van der Waals surface area contributed by atoms with E-state index in [0.29, 0.717) is 34.2 Å². The van der Waals surface area contributed by atoms with Crippen LogP contribution in [0, 0.1) is 6.92 Å². The van der Waals surface area contributed by atoms with Gasteiger partial charge in [-0.3, -0.25) is 9.59 Å². The van der Waals surface area contributed by atoms with E-state index in [1.165, 1.54) is 19.1 Å². The molecule has 0 spiro atoms. The molecular weight excluding hydrogens is 420 g/mol. The number of methoxy groups -OCH3 is 3. The van der Waals surface area contributed by atoms with Gasteiger partial charge in [0.15, 0.2) is 11.5 Å². The van der Waals surface area contributed by atoms with E-state index in [4.69, 9.17) is 14.2 Å². The van der Waals surface area contributed by atoms with Gasteiger partial charge in [-0.15, -0.1) is 0 Å². The van der Waals surface area contributed by atoms with E-state index in [2.05, 4.69) is 5.32 Å². The van der Waals surface area contributed by atoms with Crippen LogP contribution in [-0.4, -0.2) is 33.1 Å². The summed E-state index contributed by atoms with van der Waals surface area (Å²) < 4.78 is 16.0. The lowest BCUT2D eigenvalue weighted by Crippen LogP contribution is -2.32. The number of carbonyl (C=O) groups excluding carboxylic acids is 2. The third-order valence-electron chi connectivity index (χ3n) is 5.36. The first-order chi connectivity index (χ1) is 16.0. The normalized spacial score (nSPS) is 13.4. The summed E-state index contributed by atoms with van der Waals surface area (Å²) in [6, 6.07) is 19.5. The third kappa shape index (κ3) is 4.13. The van der Waals surface area contributed by atoms with Crippen LogP contribution in [-0.2, 0) is 9.59 Å². The molecule has 168 valence electrons. The maximum absolute atomic E-state index is 13.6. The van der Waals surface area contributed by atoms with Crippen LogP contribution in [0.2, 0.25) is 0 Å². The first-order valence-corrected chi connectivity index (χ1v) is 10.3. The van der Waals surface area contributed by atoms with Crippen molar-refractivity contribution in [1.82, 2.24) is 0 Å². The van der Waals surface area contributed by atoms with Crippen molar-refractivity contribution in [2.45, 2.75) is 6.92 Å². The zero-order valence-corrected chi connectivity index (χ0v) is 18.8. The highest BCUT2D eigenvalue weighted by atomic mass is 16.5. The van der Waals surface area contributed by atoms with Crippen molar-refractivity contribution in [2.24, 2.45) is 0 Å². The van der Waals surface area contributed by atoms with Gasteiger partial charge in [0.05, 0.1) is 32.6 Å². The molecule has 0 bridgehead atoms. The molecule has 4 rings (SSSR count). The number of hydrogen-bond donors (Lipinski definition) is 1. The van der Waals surface area contributed by atoms with Crippen molar-refractivity contribution in [3.63, 3.8) is 0 Å². The lowest BCUT2D eigenvalue weighted by molar-refractivity contribution is -0.120. The standard InChI is InChI=1S/C26H24N2O5/c1-16-7-5-9-19(13-16)28-25(29)23(17-11-12-21(32-3)22(14-17)33-4)24(26(28)30)27-18-8-6-10-20(15-18)31-2/h5-15,27H,1-4H3. The van der Waals surface area contributed by atoms with Gasteiger partial charge in [0.2, 0.25) is 0 Å². The van der Waals surface area contributed by atoms with Crippen molar-refractivity contribution in [3.05, 3.63) is 83.6 Å². The Balaban J connectivity index is 1.85. The molecule has 0 saturated heterocycles. The van der Waals surface area contributed by atoms with Crippen LogP contribution in [0.4, 0.5) is 11.4 Å². The van der Waals surface area contributed by atoms with Gasteiger partial charge < -0.3 is 19.5 Å². The van der Waals surface area contributed by atoms with E-state index in [9.17, 15) is 9.59 Å². The Hall–Kier alpha value is -4.26. The molecular formula is C26H24N2O5. The number of ether oxygens (including phenoxy) is 3. The second-order valence-corrected chi connectivity index (χ2v) is 7.46. The fourth-order valence-electron chi connectivity index (χ4n) is 3.75. The fraction of sp³-hybridized carbons (Fsp3) is 0.154.